The highest BCUT2D eigenvalue weighted by molar-refractivity contribution is 8.48. The van der Waals surface area contributed by atoms with Crippen LogP contribution in [0.3, 0.4) is 0 Å². The van der Waals surface area contributed by atoms with Crippen molar-refractivity contribution in [2.75, 3.05) is 6.26 Å². The number of rotatable bonds is 3. The molecule has 3 aromatic rings. The minimum absolute atomic E-state index is 0.0326. The number of hydrogen-bond donors (Lipinski definition) is 0. The lowest BCUT2D eigenvalue weighted by atomic mass is 10.4. The molecule has 0 amide bonds. The molecule has 0 radical (unpaired) electrons. The van der Waals surface area contributed by atoms with E-state index in [0.717, 1.165) is 0 Å². The Morgan fingerprint density at radius 2 is 0.926 bits per heavy atom. The van der Waals surface area contributed by atoms with Gasteiger partial charge >= 0.3 is 0 Å². The van der Waals surface area contributed by atoms with Crippen LogP contribution in [0.4, 0.5) is 0 Å². The largest absolute Gasteiger partial charge is 0.223 e. The Morgan fingerprint density at radius 1 is 0.593 bits per heavy atom. The Bertz CT molecular complexity index is 1100. The van der Waals surface area contributed by atoms with E-state index < -0.39 is 33.7 Å². The first-order valence-electron chi connectivity index (χ1n) is 8.03. The first-order valence-corrected chi connectivity index (χ1v) is 12.6. The highest BCUT2D eigenvalue weighted by Crippen LogP contribution is 2.33. The molecule has 0 aliphatic carbocycles. The molecular weight excluding hydrogens is 400 g/mol. The van der Waals surface area contributed by atoms with Crippen LogP contribution in [0.2, 0.25) is 0 Å². The lowest BCUT2D eigenvalue weighted by Crippen LogP contribution is -2.25. The Hall–Kier alpha value is -2.22. The van der Waals surface area contributed by atoms with Gasteiger partial charge in [-0.1, -0.05) is 54.6 Å². The van der Waals surface area contributed by atoms with Crippen molar-refractivity contribution in [2.45, 2.75) is 14.7 Å². The Kier molecular flexibility index (Phi) is 5.64. The zero-order valence-electron chi connectivity index (χ0n) is 14.5. The van der Waals surface area contributed by atoms with Gasteiger partial charge in [0, 0.05) is 4.90 Å². The average Bonchev–Trinajstić information content (AvgIpc) is 2.69. The molecule has 0 saturated heterocycles. The summed E-state index contributed by atoms with van der Waals surface area (Å²) in [6.07, 6.45) is 1.63. The molecule has 1 atom stereocenters. The molecule has 0 saturated carbocycles. The van der Waals surface area contributed by atoms with Crippen LogP contribution in [0.25, 0.3) is 0 Å². The van der Waals surface area contributed by atoms with Crippen LogP contribution in [-0.2, 0) is 19.7 Å². The van der Waals surface area contributed by atoms with Crippen molar-refractivity contribution in [1.82, 2.24) is 0 Å². The third-order valence-electron chi connectivity index (χ3n) is 3.89. The van der Waals surface area contributed by atoms with Gasteiger partial charge in [-0.15, -0.1) is 10.5 Å². The van der Waals surface area contributed by atoms with Gasteiger partial charge in [0.25, 0.3) is 0 Å². The van der Waals surface area contributed by atoms with Crippen LogP contribution >= 0.6 is 10.5 Å². The summed E-state index contributed by atoms with van der Waals surface area (Å²) in [7, 11) is -9.60. The van der Waals surface area contributed by atoms with Crippen LogP contribution in [-0.4, -0.2) is 26.6 Å². The molecule has 0 aliphatic rings. The Balaban J connectivity index is 2.36. The first-order chi connectivity index (χ1) is 12.8. The van der Waals surface area contributed by atoms with E-state index in [4.69, 9.17) is 0 Å². The fourth-order valence-corrected chi connectivity index (χ4v) is 10.3. The Labute approximate surface area is 162 Å². The second-order valence-corrected chi connectivity index (χ2v) is 12.2. The molecule has 1 unspecified atom stereocenters. The standard InChI is InChI=1S/C20H18O4S3/c1-25(17-11-5-2-6-12-17)20(26(21,22)18-13-7-3-8-14-18)27(23,24)19-15-9-4-10-16-19/h2-16H,1H3. The van der Waals surface area contributed by atoms with Gasteiger partial charge in [0.1, 0.15) is 0 Å². The zero-order chi connectivity index (χ0) is 19.5. The molecule has 0 spiro atoms. The maximum atomic E-state index is 13.4. The van der Waals surface area contributed by atoms with Crippen LogP contribution in [0.15, 0.2) is 106 Å². The summed E-state index contributed by atoms with van der Waals surface area (Å²) in [5.74, 6) is 0. The second-order valence-electron chi connectivity index (χ2n) is 5.71. The number of sulfone groups is 2. The lowest BCUT2D eigenvalue weighted by Gasteiger charge is -2.15. The fourth-order valence-electron chi connectivity index (χ4n) is 2.59. The van der Waals surface area contributed by atoms with Gasteiger partial charge in [-0.2, -0.15) is 0 Å². The maximum Gasteiger partial charge on any atom is 0.223 e. The molecule has 0 aromatic heterocycles. The van der Waals surface area contributed by atoms with E-state index in [1.807, 2.05) is 0 Å². The quantitative estimate of drug-likeness (QED) is 0.604. The van der Waals surface area contributed by atoms with Gasteiger partial charge in [0.2, 0.25) is 19.7 Å². The van der Waals surface area contributed by atoms with E-state index in [9.17, 15) is 16.8 Å². The highest BCUT2D eigenvalue weighted by atomic mass is 32.3. The van der Waals surface area contributed by atoms with E-state index >= 15 is 0 Å². The summed E-state index contributed by atoms with van der Waals surface area (Å²) in [6.45, 7) is 0. The predicted molar refractivity (Wildman–Crippen MR) is 110 cm³/mol. The molecule has 7 heteroatoms. The van der Waals surface area contributed by atoms with Crippen molar-refractivity contribution in [3.8, 4) is 0 Å². The molecule has 3 rings (SSSR count). The van der Waals surface area contributed by atoms with Crippen LogP contribution in [0.1, 0.15) is 0 Å². The third-order valence-corrected chi connectivity index (χ3v) is 12.2. The lowest BCUT2D eigenvalue weighted by molar-refractivity contribution is 0.603. The van der Waals surface area contributed by atoms with E-state index in [1.165, 1.54) is 24.3 Å². The van der Waals surface area contributed by atoms with Crippen molar-refractivity contribution < 1.29 is 16.8 Å². The zero-order valence-corrected chi connectivity index (χ0v) is 17.0. The van der Waals surface area contributed by atoms with E-state index in [2.05, 4.69) is 0 Å². The SMILES string of the molecule is CS(=C(S(=O)(=O)c1ccccc1)S(=O)(=O)c1ccccc1)c1ccccc1. The fraction of sp³-hybridized carbons (Fsp3) is 0.0500. The van der Waals surface area contributed by atoms with Crippen molar-refractivity contribution >= 4 is 33.7 Å². The molecular formula is C20H18O4S3. The highest BCUT2D eigenvalue weighted by Gasteiger charge is 2.35. The van der Waals surface area contributed by atoms with E-state index in [-0.39, 0.29) is 9.79 Å². The minimum Gasteiger partial charge on any atom is -0.217 e. The molecule has 0 heterocycles. The van der Waals surface area contributed by atoms with Gasteiger partial charge in [0.05, 0.1) is 9.79 Å². The summed E-state index contributed by atoms with van der Waals surface area (Å²) in [5.41, 5.74) is 0. The van der Waals surface area contributed by atoms with Gasteiger partial charge in [-0.25, -0.2) is 16.8 Å². The molecule has 4 nitrogen and oxygen atoms in total. The number of hydrogen-bond acceptors (Lipinski definition) is 4. The second kappa shape index (κ2) is 7.80. The van der Waals surface area contributed by atoms with E-state index in [1.54, 1.807) is 73.0 Å². The van der Waals surface area contributed by atoms with Crippen molar-refractivity contribution in [1.29, 1.82) is 0 Å². The molecule has 0 aliphatic heterocycles. The Morgan fingerprint density at radius 3 is 1.30 bits per heavy atom. The molecule has 0 N–H and O–H groups in total. The predicted octanol–water partition coefficient (Wildman–Crippen LogP) is 3.98. The minimum atomic E-state index is -4.21. The topological polar surface area (TPSA) is 68.3 Å². The average molecular weight is 419 g/mol. The molecule has 140 valence electrons. The van der Waals surface area contributed by atoms with Crippen LogP contribution < -0.4 is 0 Å². The van der Waals surface area contributed by atoms with Crippen LogP contribution in [0.5, 0.6) is 0 Å². The molecule has 3 aromatic carbocycles. The summed E-state index contributed by atoms with van der Waals surface area (Å²) >= 11 is 0. The van der Waals surface area contributed by atoms with Crippen molar-refractivity contribution in [3.63, 3.8) is 0 Å². The van der Waals surface area contributed by atoms with Gasteiger partial charge < -0.3 is 0 Å². The van der Waals surface area contributed by atoms with Gasteiger partial charge in [-0.3, -0.25) is 0 Å². The monoisotopic (exact) mass is 418 g/mol. The third kappa shape index (κ3) is 3.90. The van der Waals surface area contributed by atoms with Gasteiger partial charge in [-0.05, 0) is 42.7 Å². The van der Waals surface area contributed by atoms with Crippen molar-refractivity contribution in [2.24, 2.45) is 0 Å². The van der Waals surface area contributed by atoms with E-state index in [0.29, 0.717) is 4.90 Å². The van der Waals surface area contributed by atoms with Crippen LogP contribution in [0, 0.1) is 0 Å². The summed E-state index contributed by atoms with van der Waals surface area (Å²) in [4.78, 5) is 0.580. The molecule has 27 heavy (non-hydrogen) atoms. The summed E-state index contributed by atoms with van der Waals surface area (Å²) < 4.78 is 52.9. The number of benzene rings is 3. The molecule has 0 fully saturated rings. The molecule has 0 bridgehead atoms. The smallest absolute Gasteiger partial charge is 0.217 e. The summed E-state index contributed by atoms with van der Waals surface area (Å²) in [6, 6.07) is 24.2. The normalized spacial score (nSPS) is 13.1. The first kappa shape index (κ1) is 19.5. The van der Waals surface area contributed by atoms with Crippen molar-refractivity contribution in [3.05, 3.63) is 91.0 Å². The maximum absolute atomic E-state index is 13.4. The summed E-state index contributed by atoms with van der Waals surface area (Å²) in [5, 5.41) is 0. The van der Waals surface area contributed by atoms with Gasteiger partial charge in [0.15, 0.2) is 3.53 Å².